The van der Waals surface area contributed by atoms with Crippen LogP contribution in [0.25, 0.3) is 0 Å². The lowest BCUT2D eigenvalue weighted by Crippen LogP contribution is -2.48. The van der Waals surface area contributed by atoms with Crippen molar-refractivity contribution in [1.82, 2.24) is 14.5 Å². The monoisotopic (exact) mass is 329 g/mol. The van der Waals surface area contributed by atoms with Gasteiger partial charge in [-0.25, -0.2) is 4.98 Å². The van der Waals surface area contributed by atoms with E-state index >= 15 is 0 Å². The van der Waals surface area contributed by atoms with Crippen molar-refractivity contribution in [1.29, 1.82) is 0 Å². The Morgan fingerprint density at radius 1 is 1.25 bits per heavy atom. The first-order valence-corrected chi connectivity index (χ1v) is 9.73. The van der Waals surface area contributed by atoms with Gasteiger partial charge in [-0.05, 0) is 68.1 Å². The molecule has 0 N–H and O–H groups in total. The summed E-state index contributed by atoms with van der Waals surface area (Å²) in [7, 11) is 4.02. The van der Waals surface area contributed by atoms with E-state index in [0.29, 0.717) is 11.3 Å². The van der Waals surface area contributed by atoms with Gasteiger partial charge in [-0.1, -0.05) is 0 Å². The first-order chi connectivity index (χ1) is 11.5. The van der Waals surface area contributed by atoms with Crippen molar-refractivity contribution in [3.8, 4) is 0 Å². The third-order valence-electron chi connectivity index (χ3n) is 6.93. The number of carbonyl (C=O) groups excluding carboxylic acids is 1. The quantitative estimate of drug-likeness (QED) is 0.802. The Bertz CT molecular complexity index is 570. The topological polar surface area (TPSA) is 38.1 Å². The summed E-state index contributed by atoms with van der Waals surface area (Å²) in [5.74, 6) is 4.27. The van der Waals surface area contributed by atoms with Crippen molar-refractivity contribution in [3.63, 3.8) is 0 Å². The van der Waals surface area contributed by atoms with E-state index in [0.717, 1.165) is 49.4 Å². The molecule has 0 radical (unpaired) electrons. The van der Waals surface area contributed by atoms with E-state index in [9.17, 15) is 4.79 Å². The molecule has 0 spiro atoms. The number of rotatable bonds is 6. The van der Waals surface area contributed by atoms with Gasteiger partial charge in [0.2, 0.25) is 5.91 Å². The fourth-order valence-electron chi connectivity index (χ4n) is 6.20. The second-order valence-corrected chi connectivity index (χ2v) is 8.97. The molecule has 4 heteroatoms. The van der Waals surface area contributed by atoms with Crippen LogP contribution in [-0.4, -0.2) is 34.0 Å². The molecule has 0 unspecified atom stereocenters. The van der Waals surface area contributed by atoms with Crippen LogP contribution in [-0.2, 0) is 18.3 Å². The van der Waals surface area contributed by atoms with Crippen LogP contribution in [0.15, 0.2) is 12.4 Å². The molecule has 5 rings (SSSR count). The van der Waals surface area contributed by atoms with E-state index in [2.05, 4.69) is 9.55 Å². The van der Waals surface area contributed by atoms with Gasteiger partial charge < -0.3 is 9.47 Å². The summed E-state index contributed by atoms with van der Waals surface area (Å²) in [5, 5.41) is 0. The molecule has 132 valence electrons. The highest BCUT2D eigenvalue weighted by molar-refractivity contribution is 5.76. The van der Waals surface area contributed by atoms with Crippen molar-refractivity contribution < 1.29 is 4.79 Å². The van der Waals surface area contributed by atoms with Gasteiger partial charge in [-0.2, -0.15) is 0 Å². The summed E-state index contributed by atoms with van der Waals surface area (Å²) >= 11 is 0. The highest BCUT2D eigenvalue weighted by atomic mass is 16.2. The zero-order valence-corrected chi connectivity index (χ0v) is 15.2. The van der Waals surface area contributed by atoms with E-state index in [1.807, 2.05) is 31.4 Å². The Morgan fingerprint density at radius 2 is 1.88 bits per heavy atom. The number of nitrogens with zero attached hydrogens (tertiary/aromatic N) is 3. The van der Waals surface area contributed by atoms with Gasteiger partial charge in [0, 0.05) is 45.9 Å². The van der Waals surface area contributed by atoms with Crippen LogP contribution >= 0.6 is 0 Å². The Morgan fingerprint density at radius 3 is 2.42 bits per heavy atom. The van der Waals surface area contributed by atoms with Crippen molar-refractivity contribution in [2.45, 2.75) is 57.8 Å². The molecule has 1 aromatic rings. The largest absolute Gasteiger partial charge is 0.346 e. The first-order valence-electron chi connectivity index (χ1n) is 9.73. The van der Waals surface area contributed by atoms with Gasteiger partial charge in [0.25, 0.3) is 0 Å². The highest BCUT2D eigenvalue weighted by Gasteiger charge is 2.51. The van der Waals surface area contributed by atoms with Crippen LogP contribution in [0.1, 0.15) is 57.2 Å². The van der Waals surface area contributed by atoms with Gasteiger partial charge in [0.15, 0.2) is 0 Å². The van der Waals surface area contributed by atoms with Crippen LogP contribution < -0.4 is 0 Å². The summed E-state index contributed by atoms with van der Waals surface area (Å²) in [5.41, 5.74) is 0.361. The van der Waals surface area contributed by atoms with Crippen molar-refractivity contribution in [3.05, 3.63) is 18.2 Å². The summed E-state index contributed by atoms with van der Waals surface area (Å²) in [4.78, 5) is 19.1. The summed E-state index contributed by atoms with van der Waals surface area (Å²) < 4.78 is 2.07. The highest BCUT2D eigenvalue weighted by Crippen LogP contribution is 2.61. The standard InChI is InChI=1S/C20H31N3O/c1-22-7-5-21-18(22)4-3-6-23(2)19(24)14-20-11-15-8-16(12-20)10-17(9-15)13-20/h5,7,15-17H,3-4,6,8-14H2,1-2H3. The van der Waals surface area contributed by atoms with Crippen LogP contribution in [0.2, 0.25) is 0 Å². The zero-order valence-electron chi connectivity index (χ0n) is 15.2. The summed E-state index contributed by atoms with van der Waals surface area (Å²) in [6.07, 6.45) is 14.9. The number of aryl methyl sites for hydroxylation is 2. The van der Waals surface area contributed by atoms with Gasteiger partial charge in [-0.3, -0.25) is 4.79 Å². The summed E-state index contributed by atoms with van der Waals surface area (Å²) in [6, 6.07) is 0. The Balaban J connectivity index is 1.29. The first kappa shape index (κ1) is 16.2. The van der Waals surface area contributed by atoms with Crippen molar-refractivity contribution >= 4 is 5.91 Å². The van der Waals surface area contributed by atoms with E-state index in [1.165, 1.54) is 38.5 Å². The van der Waals surface area contributed by atoms with E-state index in [4.69, 9.17) is 0 Å². The van der Waals surface area contributed by atoms with E-state index in [-0.39, 0.29) is 0 Å². The maximum absolute atomic E-state index is 12.8. The molecule has 24 heavy (non-hydrogen) atoms. The van der Waals surface area contributed by atoms with Crippen molar-refractivity contribution in [2.75, 3.05) is 13.6 Å². The Kier molecular flexibility index (Phi) is 4.17. The van der Waals surface area contributed by atoms with Gasteiger partial charge >= 0.3 is 0 Å². The minimum absolute atomic E-state index is 0.361. The number of imidazole rings is 1. The zero-order chi connectivity index (χ0) is 16.7. The molecule has 0 saturated heterocycles. The molecule has 1 heterocycles. The predicted octanol–water partition coefficient (Wildman–Crippen LogP) is 3.42. The van der Waals surface area contributed by atoms with Gasteiger partial charge in [0.05, 0.1) is 0 Å². The van der Waals surface area contributed by atoms with Crippen LogP contribution in [0, 0.1) is 23.2 Å². The SMILES string of the molecule is CN(CCCc1nccn1C)C(=O)CC12CC3CC(CC(C3)C1)C2. The lowest BCUT2D eigenvalue weighted by Gasteiger charge is -2.56. The molecule has 4 nitrogen and oxygen atoms in total. The van der Waals surface area contributed by atoms with Crippen molar-refractivity contribution in [2.24, 2.45) is 30.2 Å². The van der Waals surface area contributed by atoms with Crippen LogP contribution in [0.4, 0.5) is 0 Å². The lowest BCUT2D eigenvalue weighted by atomic mass is 9.49. The maximum atomic E-state index is 12.8. The minimum atomic E-state index is 0.361. The number of hydrogen-bond donors (Lipinski definition) is 0. The molecule has 4 saturated carbocycles. The lowest BCUT2D eigenvalue weighted by molar-refractivity contribution is -0.138. The second-order valence-electron chi connectivity index (χ2n) is 8.97. The molecular formula is C20H31N3O. The number of aromatic nitrogens is 2. The van der Waals surface area contributed by atoms with Gasteiger partial charge in [0.1, 0.15) is 5.82 Å². The fourth-order valence-corrected chi connectivity index (χ4v) is 6.20. The molecule has 1 amide bonds. The summed E-state index contributed by atoms with van der Waals surface area (Å²) in [6.45, 7) is 0.845. The molecular weight excluding hydrogens is 298 g/mol. The van der Waals surface area contributed by atoms with E-state index in [1.54, 1.807) is 0 Å². The Hall–Kier alpha value is -1.32. The molecule has 4 bridgehead atoms. The number of amides is 1. The molecule has 4 fully saturated rings. The average Bonchev–Trinajstić information content (AvgIpc) is 2.90. The predicted molar refractivity (Wildman–Crippen MR) is 94.4 cm³/mol. The number of hydrogen-bond acceptors (Lipinski definition) is 2. The van der Waals surface area contributed by atoms with Crippen LogP contribution in [0.5, 0.6) is 0 Å². The minimum Gasteiger partial charge on any atom is -0.346 e. The second kappa shape index (κ2) is 6.20. The molecule has 0 atom stereocenters. The third-order valence-corrected chi connectivity index (χ3v) is 6.93. The maximum Gasteiger partial charge on any atom is 0.222 e. The molecule has 0 aromatic carbocycles. The Labute approximate surface area is 145 Å². The third kappa shape index (κ3) is 3.12. The molecule has 0 aliphatic heterocycles. The fraction of sp³-hybridized carbons (Fsp3) is 0.800. The smallest absolute Gasteiger partial charge is 0.222 e. The van der Waals surface area contributed by atoms with Crippen LogP contribution in [0.3, 0.4) is 0 Å². The van der Waals surface area contributed by atoms with Gasteiger partial charge in [-0.15, -0.1) is 0 Å². The molecule has 4 aliphatic carbocycles. The molecule has 1 aromatic heterocycles. The number of carbonyl (C=O) groups is 1. The molecule has 4 aliphatic rings. The average molecular weight is 329 g/mol. The van der Waals surface area contributed by atoms with E-state index < -0.39 is 0 Å². The normalized spacial score (nSPS) is 33.8.